The average molecular weight is 449 g/mol. The molecule has 2 aromatic heterocycles. The number of para-hydroxylation sites is 2. The molecule has 32 heavy (non-hydrogen) atoms. The molecule has 0 aliphatic carbocycles. The van der Waals surface area contributed by atoms with E-state index in [9.17, 15) is 10.5 Å². The minimum atomic E-state index is 0.587. The van der Waals surface area contributed by atoms with Gasteiger partial charge in [0.15, 0.2) is 4.34 Å². The third-order valence-corrected chi connectivity index (χ3v) is 7.19. The molecule has 0 radical (unpaired) electrons. The molecule has 5 aromatic rings. The van der Waals surface area contributed by atoms with Gasteiger partial charge in [-0.25, -0.2) is 4.98 Å². The molecule has 4 nitrogen and oxygen atoms in total. The zero-order chi connectivity index (χ0) is 21.9. The third kappa shape index (κ3) is 3.90. The summed E-state index contributed by atoms with van der Waals surface area (Å²) in [4.78, 5) is 5.23. The molecule has 0 bridgehead atoms. The van der Waals surface area contributed by atoms with Gasteiger partial charge in [-0.3, -0.25) is 0 Å². The summed E-state index contributed by atoms with van der Waals surface area (Å²) in [6.45, 7) is 0.588. The summed E-state index contributed by atoms with van der Waals surface area (Å²) in [5.41, 5.74) is 4.63. The van der Waals surface area contributed by atoms with Crippen molar-refractivity contribution in [2.75, 3.05) is 0 Å². The first-order chi connectivity index (χ1) is 15.7. The Morgan fingerprint density at radius 2 is 1.78 bits per heavy atom. The van der Waals surface area contributed by atoms with Crippen LogP contribution in [-0.2, 0) is 6.54 Å². The first-order valence-electron chi connectivity index (χ1n) is 9.96. The molecule has 2 heterocycles. The van der Waals surface area contributed by atoms with Gasteiger partial charge in [0.1, 0.15) is 6.07 Å². The summed E-state index contributed by atoms with van der Waals surface area (Å²) in [5, 5.41) is 20.3. The van der Waals surface area contributed by atoms with Crippen LogP contribution in [-0.4, -0.2) is 9.55 Å². The van der Waals surface area contributed by atoms with Crippen LogP contribution in [0.1, 0.15) is 16.7 Å². The van der Waals surface area contributed by atoms with Crippen molar-refractivity contribution in [2.24, 2.45) is 0 Å². The van der Waals surface area contributed by atoms with Crippen LogP contribution in [0, 0.1) is 22.7 Å². The van der Waals surface area contributed by atoms with Crippen LogP contribution in [0.25, 0.3) is 27.2 Å². The van der Waals surface area contributed by atoms with E-state index in [-0.39, 0.29) is 0 Å². The van der Waals surface area contributed by atoms with Crippen molar-refractivity contribution < 1.29 is 0 Å². The molecule has 0 aliphatic heterocycles. The fourth-order valence-electron chi connectivity index (χ4n) is 3.69. The highest BCUT2D eigenvalue weighted by atomic mass is 32.2. The van der Waals surface area contributed by atoms with E-state index in [4.69, 9.17) is 0 Å². The Kier molecular flexibility index (Phi) is 5.47. The highest BCUT2D eigenvalue weighted by Gasteiger charge is 2.12. The number of benzene rings is 3. The van der Waals surface area contributed by atoms with E-state index >= 15 is 0 Å². The Bertz CT molecular complexity index is 1530. The van der Waals surface area contributed by atoms with Crippen molar-refractivity contribution in [1.29, 1.82) is 10.5 Å². The first kappa shape index (κ1) is 20.1. The van der Waals surface area contributed by atoms with Gasteiger partial charge in [0.25, 0.3) is 0 Å². The number of fused-ring (bicyclic) bond motifs is 2. The fraction of sp³-hybridized carbons (Fsp3) is 0.0385. The lowest BCUT2D eigenvalue weighted by Crippen LogP contribution is -2.00. The Morgan fingerprint density at radius 1 is 1.00 bits per heavy atom. The second kappa shape index (κ2) is 8.72. The predicted molar refractivity (Wildman–Crippen MR) is 131 cm³/mol. The van der Waals surface area contributed by atoms with E-state index in [0.717, 1.165) is 36.6 Å². The molecule has 3 aromatic carbocycles. The normalized spacial score (nSPS) is 11.5. The van der Waals surface area contributed by atoms with Crippen molar-refractivity contribution in [3.63, 3.8) is 0 Å². The molecule has 0 N–H and O–H groups in total. The van der Waals surface area contributed by atoms with Gasteiger partial charge in [-0.2, -0.15) is 10.5 Å². The Hall–Kier alpha value is -3.84. The molecule has 6 heteroatoms. The molecule has 0 atom stereocenters. The highest BCUT2D eigenvalue weighted by molar-refractivity contribution is 8.05. The van der Waals surface area contributed by atoms with Crippen molar-refractivity contribution >= 4 is 50.3 Å². The van der Waals surface area contributed by atoms with Gasteiger partial charge < -0.3 is 4.57 Å². The maximum Gasteiger partial charge on any atom is 0.156 e. The van der Waals surface area contributed by atoms with E-state index in [0.29, 0.717) is 17.0 Å². The van der Waals surface area contributed by atoms with Gasteiger partial charge >= 0.3 is 0 Å². The smallest absolute Gasteiger partial charge is 0.156 e. The number of thiazole rings is 1. The lowest BCUT2D eigenvalue weighted by molar-refractivity contribution is 0.833. The van der Waals surface area contributed by atoms with E-state index in [2.05, 4.69) is 40.0 Å². The molecule has 152 valence electrons. The lowest BCUT2D eigenvalue weighted by Gasteiger charge is -2.07. The van der Waals surface area contributed by atoms with Crippen molar-refractivity contribution in [1.82, 2.24) is 9.55 Å². The summed E-state index contributed by atoms with van der Waals surface area (Å²) in [6, 6.07) is 28.4. The Morgan fingerprint density at radius 3 is 2.62 bits per heavy atom. The van der Waals surface area contributed by atoms with Crippen LogP contribution < -0.4 is 0 Å². The summed E-state index contributed by atoms with van der Waals surface area (Å²) in [6.07, 6.45) is 3.97. The molecule has 0 fully saturated rings. The fourth-order valence-corrected chi connectivity index (χ4v) is 5.65. The largest absolute Gasteiger partial charge is 0.342 e. The maximum absolute atomic E-state index is 9.80. The molecule has 0 saturated carbocycles. The van der Waals surface area contributed by atoms with Crippen LogP contribution in [0.2, 0.25) is 0 Å². The summed E-state index contributed by atoms with van der Waals surface area (Å²) in [5.74, 6) is 0. The Balaban J connectivity index is 1.52. The van der Waals surface area contributed by atoms with Crippen molar-refractivity contribution in [3.05, 3.63) is 101 Å². The average Bonchev–Trinajstić information content (AvgIpc) is 3.40. The van der Waals surface area contributed by atoms with Crippen LogP contribution in [0.3, 0.4) is 0 Å². The zero-order valence-corrected chi connectivity index (χ0v) is 18.5. The summed E-state index contributed by atoms with van der Waals surface area (Å²) in [7, 11) is 0. The van der Waals surface area contributed by atoms with Crippen LogP contribution in [0.4, 0.5) is 0 Å². The van der Waals surface area contributed by atoms with Crippen molar-refractivity contribution in [2.45, 2.75) is 10.9 Å². The number of nitriles is 2. The van der Waals surface area contributed by atoms with Crippen LogP contribution >= 0.6 is 23.1 Å². The lowest BCUT2D eigenvalue weighted by atomic mass is 10.1. The maximum atomic E-state index is 9.80. The van der Waals surface area contributed by atoms with Gasteiger partial charge in [-0.15, -0.1) is 11.3 Å². The number of nitrogens with zero attached hydrogens (tertiary/aromatic N) is 4. The standard InChI is InChI=1S/C26H16N4S2/c27-14-18-7-1-2-8-19(18)16-30-17-20(22-9-3-5-11-24(22)30)13-21(15-28)31-26-29-23-10-4-6-12-25(23)32-26/h1-13,17H,16H2. The first-order valence-corrected chi connectivity index (χ1v) is 11.6. The second-order valence-corrected chi connectivity index (χ2v) is 9.49. The zero-order valence-electron chi connectivity index (χ0n) is 16.9. The summed E-state index contributed by atoms with van der Waals surface area (Å²) >= 11 is 2.98. The Labute approximate surface area is 193 Å². The molecule has 0 aliphatic rings. The third-order valence-electron chi connectivity index (χ3n) is 5.17. The number of thioether (sulfide) groups is 1. The number of allylic oxidation sites excluding steroid dienone is 1. The molecule has 0 spiro atoms. The molecule has 0 saturated heterocycles. The van der Waals surface area contributed by atoms with E-state index < -0.39 is 0 Å². The van der Waals surface area contributed by atoms with Gasteiger partial charge in [-0.05, 0) is 47.7 Å². The highest BCUT2D eigenvalue weighted by Crippen LogP contribution is 2.35. The SMILES string of the molecule is N#CC(=Cc1cn(Cc2ccccc2C#N)c2ccccc12)Sc1nc2ccccc2s1. The molecular weight excluding hydrogens is 432 g/mol. The molecule has 5 rings (SSSR count). The minimum Gasteiger partial charge on any atom is -0.342 e. The van der Waals surface area contributed by atoms with Crippen LogP contribution in [0.5, 0.6) is 0 Å². The predicted octanol–water partition coefficient (Wildman–Crippen LogP) is 6.83. The number of hydrogen-bond acceptors (Lipinski definition) is 5. The van der Waals surface area contributed by atoms with Gasteiger partial charge in [-0.1, -0.05) is 48.5 Å². The molecular formula is C26H16N4S2. The quantitative estimate of drug-likeness (QED) is 0.218. The second-order valence-electron chi connectivity index (χ2n) is 7.17. The van der Waals surface area contributed by atoms with Crippen molar-refractivity contribution in [3.8, 4) is 12.1 Å². The monoisotopic (exact) mass is 448 g/mol. The molecule has 0 amide bonds. The van der Waals surface area contributed by atoms with E-state index in [1.807, 2.05) is 66.7 Å². The topological polar surface area (TPSA) is 65.4 Å². The number of hydrogen-bond donors (Lipinski definition) is 0. The van der Waals surface area contributed by atoms with Gasteiger partial charge in [0, 0.05) is 29.2 Å². The van der Waals surface area contributed by atoms with E-state index in [1.54, 1.807) is 11.3 Å². The summed E-state index contributed by atoms with van der Waals surface area (Å²) < 4.78 is 4.10. The van der Waals surface area contributed by atoms with Gasteiger partial charge in [0.05, 0.1) is 26.8 Å². The van der Waals surface area contributed by atoms with Gasteiger partial charge in [0.2, 0.25) is 0 Å². The van der Waals surface area contributed by atoms with E-state index in [1.165, 1.54) is 11.8 Å². The van der Waals surface area contributed by atoms with Crippen LogP contribution in [0.15, 0.2) is 88.2 Å². The number of aromatic nitrogens is 2. The minimum absolute atomic E-state index is 0.587. The molecule has 0 unspecified atom stereocenters. The number of rotatable bonds is 5.